The van der Waals surface area contributed by atoms with E-state index in [2.05, 4.69) is 17.4 Å². The Bertz CT molecular complexity index is 897. The van der Waals surface area contributed by atoms with Crippen molar-refractivity contribution in [2.24, 2.45) is 0 Å². The first kappa shape index (κ1) is 21.4. The molecule has 1 aliphatic rings. The van der Waals surface area contributed by atoms with E-state index in [4.69, 9.17) is 9.84 Å². The van der Waals surface area contributed by atoms with Gasteiger partial charge >= 0.3 is 12.1 Å². The molecule has 7 heteroatoms. The Morgan fingerprint density at radius 2 is 1.63 bits per heavy atom. The molecule has 3 rings (SSSR count). The van der Waals surface area contributed by atoms with E-state index in [0.717, 1.165) is 22.3 Å². The summed E-state index contributed by atoms with van der Waals surface area (Å²) in [5, 5.41) is 11.3. The second-order valence-corrected chi connectivity index (χ2v) is 7.45. The highest BCUT2D eigenvalue weighted by Crippen LogP contribution is 2.44. The van der Waals surface area contributed by atoms with Gasteiger partial charge in [0.25, 0.3) is 0 Å². The first-order valence-corrected chi connectivity index (χ1v) is 9.96. The largest absolute Gasteiger partial charge is 0.481 e. The van der Waals surface area contributed by atoms with Gasteiger partial charge in [0.1, 0.15) is 12.6 Å². The lowest BCUT2D eigenvalue weighted by molar-refractivity contribution is -0.138. The minimum absolute atomic E-state index is 0.00813. The average Bonchev–Trinajstić information content (AvgIpc) is 3.05. The summed E-state index contributed by atoms with van der Waals surface area (Å²) in [7, 11) is 1.58. The molecule has 158 valence electrons. The van der Waals surface area contributed by atoms with Gasteiger partial charge in [-0.1, -0.05) is 48.5 Å². The Morgan fingerprint density at radius 1 is 1.07 bits per heavy atom. The molecular weight excluding hydrogens is 384 g/mol. The van der Waals surface area contributed by atoms with Gasteiger partial charge in [-0.3, -0.25) is 9.59 Å². The number of aliphatic carboxylic acids is 1. The number of hydrogen-bond donors (Lipinski definition) is 2. The number of carbonyl (C=O) groups is 3. The number of nitrogens with one attached hydrogen (secondary N) is 1. The van der Waals surface area contributed by atoms with Crippen LogP contribution in [0.2, 0.25) is 0 Å². The Labute approximate surface area is 175 Å². The molecule has 0 unspecified atom stereocenters. The van der Waals surface area contributed by atoms with E-state index in [1.54, 1.807) is 14.0 Å². The molecule has 2 aromatic rings. The van der Waals surface area contributed by atoms with Gasteiger partial charge in [0.15, 0.2) is 0 Å². The monoisotopic (exact) mass is 410 g/mol. The van der Waals surface area contributed by atoms with Gasteiger partial charge in [0.05, 0.1) is 0 Å². The van der Waals surface area contributed by atoms with E-state index in [9.17, 15) is 14.4 Å². The lowest BCUT2D eigenvalue weighted by Gasteiger charge is -2.22. The maximum atomic E-state index is 12.4. The molecule has 0 bridgehead atoms. The quantitative estimate of drug-likeness (QED) is 0.697. The average molecular weight is 410 g/mol. The predicted molar refractivity (Wildman–Crippen MR) is 112 cm³/mol. The summed E-state index contributed by atoms with van der Waals surface area (Å²) in [5.41, 5.74) is 4.53. The zero-order valence-corrected chi connectivity index (χ0v) is 17.1. The highest BCUT2D eigenvalue weighted by molar-refractivity contribution is 5.85. The summed E-state index contributed by atoms with van der Waals surface area (Å²) >= 11 is 0. The second kappa shape index (κ2) is 9.43. The van der Waals surface area contributed by atoms with Crippen LogP contribution in [0.4, 0.5) is 4.79 Å². The first-order valence-electron chi connectivity index (χ1n) is 9.96. The first-order chi connectivity index (χ1) is 14.4. The number of ether oxygens (including phenoxy) is 1. The number of fused-ring (bicyclic) bond motifs is 3. The van der Waals surface area contributed by atoms with E-state index in [1.165, 1.54) is 4.90 Å². The molecule has 0 fully saturated rings. The van der Waals surface area contributed by atoms with Gasteiger partial charge in [-0.15, -0.1) is 0 Å². The van der Waals surface area contributed by atoms with Gasteiger partial charge in [0, 0.05) is 25.9 Å². The molecule has 0 spiro atoms. The molecule has 1 atom stereocenters. The van der Waals surface area contributed by atoms with E-state index < -0.39 is 18.1 Å². The van der Waals surface area contributed by atoms with Crippen molar-refractivity contribution in [1.29, 1.82) is 0 Å². The highest BCUT2D eigenvalue weighted by Gasteiger charge is 2.29. The molecule has 1 aliphatic carbocycles. The summed E-state index contributed by atoms with van der Waals surface area (Å²) < 4.78 is 5.45. The zero-order valence-electron chi connectivity index (χ0n) is 17.1. The topological polar surface area (TPSA) is 95.9 Å². The number of nitrogens with zero attached hydrogens (tertiary/aromatic N) is 1. The van der Waals surface area contributed by atoms with E-state index in [-0.39, 0.29) is 24.9 Å². The van der Waals surface area contributed by atoms with Crippen LogP contribution in [0.15, 0.2) is 48.5 Å². The number of carbonyl (C=O) groups excluding carboxylic acids is 2. The number of amides is 2. The lowest BCUT2D eigenvalue weighted by Crippen LogP contribution is -2.46. The summed E-state index contributed by atoms with van der Waals surface area (Å²) in [6.07, 6.45) is -0.308. The van der Waals surface area contributed by atoms with Crippen LogP contribution >= 0.6 is 0 Å². The van der Waals surface area contributed by atoms with Crippen molar-refractivity contribution < 1.29 is 24.2 Å². The minimum Gasteiger partial charge on any atom is -0.481 e. The summed E-state index contributed by atoms with van der Waals surface area (Å²) in [6, 6.07) is 15.4. The third-order valence-corrected chi connectivity index (χ3v) is 5.31. The zero-order chi connectivity index (χ0) is 21.7. The van der Waals surface area contributed by atoms with Crippen LogP contribution in [0, 0.1) is 0 Å². The maximum absolute atomic E-state index is 12.4. The molecule has 0 radical (unpaired) electrons. The second-order valence-electron chi connectivity index (χ2n) is 7.45. The van der Waals surface area contributed by atoms with Crippen LogP contribution in [0.1, 0.15) is 36.8 Å². The molecule has 2 N–H and O–H groups in total. The summed E-state index contributed by atoms with van der Waals surface area (Å²) in [4.78, 5) is 36.6. The number of carboxylic acids is 1. The van der Waals surface area contributed by atoms with Gasteiger partial charge in [-0.25, -0.2) is 4.79 Å². The molecule has 2 aromatic carbocycles. The van der Waals surface area contributed by atoms with Crippen molar-refractivity contribution >= 4 is 18.0 Å². The Hall–Kier alpha value is -3.35. The van der Waals surface area contributed by atoms with Crippen molar-refractivity contribution in [3.05, 3.63) is 59.7 Å². The Morgan fingerprint density at radius 3 is 2.20 bits per heavy atom. The predicted octanol–water partition coefficient (Wildman–Crippen LogP) is 3.24. The van der Waals surface area contributed by atoms with E-state index in [0.29, 0.717) is 13.0 Å². The van der Waals surface area contributed by atoms with Crippen molar-refractivity contribution in [2.45, 2.75) is 31.7 Å². The molecule has 0 aromatic heterocycles. The number of likely N-dealkylation sites (N-methyl/N-ethyl adjacent to an activating group) is 1. The van der Waals surface area contributed by atoms with Crippen LogP contribution < -0.4 is 5.32 Å². The lowest BCUT2D eigenvalue weighted by atomic mass is 9.98. The van der Waals surface area contributed by atoms with Gasteiger partial charge in [-0.2, -0.15) is 0 Å². The summed E-state index contributed by atoms with van der Waals surface area (Å²) in [5.74, 6) is -1.25. The van der Waals surface area contributed by atoms with Crippen LogP contribution in [-0.4, -0.2) is 54.2 Å². The van der Waals surface area contributed by atoms with Crippen molar-refractivity contribution in [3.8, 4) is 11.1 Å². The molecule has 0 saturated carbocycles. The number of hydrogen-bond acceptors (Lipinski definition) is 4. The Balaban J connectivity index is 1.55. The van der Waals surface area contributed by atoms with E-state index >= 15 is 0 Å². The fourth-order valence-corrected chi connectivity index (χ4v) is 3.79. The van der Waals surface area contributed by atoms with Crippen molar-refractivity contribution in [3.63, 3.8) is 0 Å². The number of alkyl carbamates (subject to hydrolysis) is 1. The third-order valence-electron chi connectivity index (χ3n) is 5.31. The van der Waals surface area contributed by atoms with Crippen molar-refractivity contribution in [2.75, 3.05) is 20.2 Å². The van der Waals surface area contributed by atoms with Crippen LogP contribution in [0.3, 0.4) is 0 Å². The molecule has 0 aliphatic heterocycles. The van der Waals surface area contributed by atoms with Crippen LogP contribution in [0.25, 0.3) is 11.1 Å². The fourth-order valence-electron chi connectivity index (χ4n) is 3.79. The van der Waals surface area contributed by atoms with Gasteiger partial charge in [-0.05, 0) is 35.6 Å². The normalized spacial score (nSPS) is 13.1. The van der Waals surface area contributed by atoms with Crippen LogP contribution in [0.5, 0.6) is 0 Å². The maximum Gasteiger partial charge on any atom is 0.407 e. The molecule has 0 saturated heterocycles. The highest BCUT2D eigenvalue weighted by atomic mass is 16.5. The third kappa shape index (κ3) is 4.79. The number of rotatable bonds is 8. The molecule has 0 heterocycles. The van der Waals surface area contributed by atoms with Gasteiger partial charge < -0.3 is 20.1 Å². The Kier molecular flexibility index (Phi) is 6.72. The SMILES string of the molecule is C[C@H](NC(=O)OCC1c2ccccc2-c2ccccc21)C(=O)N(C)CCCC(=O)O. The molecular formula is C23H26N2O5. The van der Waals surface area contributed by atoms with Crippen molar-refractivity contribution in [1.82, 2.24) is 10.2 Å². The smallest absolute Gasteiger partial charge is 0.407 e. The molecule has 2 amide bonds. The standard InChI is InChI=1S/C23H26N2O5/c1-15(22(28)25(2)13-7-12-21(26)27)24-23(29)30-14-20-18-10-5-3-8-16(18)17-9-4-6-11-19(17)20/h3-6,8-11,15,20H,7,12-14H2,1-2H3,(H,24,29)(H,26,27)/t15-/m0/s1. The number of carboxylic acid groups (broad SMARTS) is 1. The minimum atomic E-state index is -0.902. The van der Waals surface area contributed by atoms with Crippen LogP contribution in [-0.2, 0) is 14.3 Å². The van der Waals surface area contributed by atoms with Gasteiger partial charge in [0.2, 0.25) is 5.91 Å². The van der Waals surface area contributed by atoms with E-state index in [1.807, 2.05) is 36.4 Å². The number of benzene rings is 2. The summed E-state index contributed by atoms with van der Waals surface area (Å²) in [6.45, 7) is 2.06. The fraction of sp³-hybridized carbons (Fsp3) is 0.348. The molecule has 30 heavy (non-hydrogen) atoms. The molecule has 7 nitrogen and oxygen atoms in total.